The zero-order valence-corrected chi connectivity index (χ0v) is 11.6. The Balaban J connectivity index is 2.23. The van der Waals surface area contributed by atoms with E-state index in [-0.39, 0.29) is 11.5 Å². The third-order valence-corrected chi connectivity index (χ3v) is 3.20. The molecule has 8 heteroatoms. The lowest BCUT2D eigenvalue weighted by Gasteiger charge is -2.22. The number of benzene rings is 1. The molecule has 0 atom stereocenters. The van der Waals surface area contributed by atoms with Crippen molar-refractivity contribution in [3.63, 3.8) is 0 Å². The highest BCUT2D eigenvalue weighted by Gasteiger charge is 2.27. The molecule has 1 aromatic heterocycles. The van der Waals surface area contributed by atoms with Gasteiger partial charge in [0.05, 0.1) is 12.1 Å². The topological polar surface area (TPSA) is 91.0 Å². The van der Waals surface area contributed by atoms with Gasteiger partial charge in [-0.3, -0.25) is 0 Å². The van der Waals surface area contributed by atoms with E-state index < -0.39 is 5.97 Å². The Morgan fingerprint density at radius 3 is 2.81 bits per heavy atom. The highest BCUT2D eigenvalue weighted by molar-refractivity contribution is 6.33. The molecule has 0 bridgehead atoms. The standard InChI is InChI=1S/C13H10ClNO6/c1-18-11-6(14)4-9-12(20-3-2-19-9)10(11)8-5-7(13(16)17)15-21-8/h4-5H,2-3H2,1H3,(H,16,17). The Kier molecular flexibility index (Phi) is 3.34. The highest BCUT2D eigenvalue weighted by Crippen LogP contribution is 2.49. The summed E-state index contributed by atoms with van der Waals surface area (Å²) in [5, 5.41) is 12.7. The molecule has 0 amide bonds. The average Bonchev–Trinajstić information content (AvgIpc) is 2.95. The molecule has 7 nitrogen and oxygen atoms in total. The molecule has 1 aliphatic rings. The predicted octanol–water partition coefficient (Wildman–Crippen LogP) is 2.47. The van der Waals surface area contributed by atoms with Gasteiger partial charge in [0.15, 0.2) is 28.7 Å². The van der Waals surface area contributed by atoms with Crippen molar-refractivity contribution in [2.75, 3.05) is 20.3 Å². The first kappa shape index (κ1) is 13.6. The molecule has 1 aromatic carbocycles. The molecule has 2 aromatic rings. The molecule has 1 aliphatic heterocycles. The molecule has 3 rings (SSSR count). The van der Waals surface area contributed by atoms with Gasteiger partial charge in [-0.05, 0) is 0 Å². The summed E-state index contributed by atoms with van der Waals surface area (Å²) in [6.45, 7) is 0.747. The number of hydrogen-bond acceptors (Lipinski definition) is 6. The van der Waals surface area contributed by atoms with Crippen LogP contribution in [0.4, 0.5) is 0 Å². The fraction of sp³-hybridized carbons (Fsp3) is 0.231. The van der Waals surface area contributed by atoms with Crippen molar-refractivity contribution in [3.05, 3.63) is 22.8 Å². The second-order valence-electron chi connectivity index (χ2n) is 4.17. The van der Waals surface area contributed by atoms with Crippen LogP contribution in [0.1, 0.15) is 10.5 Å². The maximum Gasteiger partial charge on any atom is 0.358 e. The Bertz CT molecular complexity index is 711. The Labute approximate surface area is 124 Å². The predicted molar refractivity (Wildman–Crippen MR) is 71.5 cm³/mol. The Hall–Kier alpha value is -2.41. The largest absolute Gasteiger partial charge is 0.494 e. The first-order valence-electron chi connectivity index (χ1n) is 5.98. The van der Waals surface area contributed by atoms with Crippen molar-refractivity contribution in [2.24, 2.45) is 0 Å². The summed E-state index contributed by atoms with van der Waals surface area (Å²) < 4.78 is 21.4. The zero-order valence-electron chi connectivity index (χ0n) is 10.9. The monoisotopic (exact) mass is 311 g/mol. The minimum absolute atomic E-state index is 0.175. The van der Waals surface area contributed by atoms with E-state index in [0.717, 1.165) is 0 Å². The smallest absolute Gasteiger partial charge is 0.358 e. The van der Waals surface area contributed by atoms with Crippen LogP contribution in [0.3, 0.4) is 0 Å². The van der Waals surface area contributed by atoms with Gasteiger partial charge in [0, 0.05) is 12.1 Å². The molecule has 110 valence electrons. The molecular weight excluding hydrogens is 302 g/mol. The van der Waals surface area contributed by atoms with Crippen molar-refractivity contribution < 1.29 is 28.6 Å². The summed E-state index contributed by atoms with van der Waals surface area (Å²) in [6.07, 6.45) is 0. The molecule has 0 unspecified atom stereocenters. The molecule has 1 N–H and O–H groups in total. The number of fused-ring (bicyclic) bond motifs is 1. The number of halogens is 1. The molecular formula is C13H10ClNO6. The van der Waals surface area contributed by atoms with Gasteiger partial charge in [-0.1, -0.05) is 16.8 Å². The maximum absolute atomic E-state index is 10.9. The van der Waals surface area contributed by atoms with Gasteiger partial charge in [-0.25, -0.2) is 4.79 Å². The normalized spacial score (nSPS) is 13.0. The highest BCUT2D eigenvalue weighted by atomic mass is 35.5. The number of carbonyl (C=O) groups is 1. The second kappa shape index (κ2) is 5.17. The summed E-state index contributed by atoms with van der Waals surface area (Å²) in [4.78, 5) is 10.9. The summed E-state index contributed by atoms with van der Waals surface area (Å²) in [5.74, 6) is 0.102. The van der Waals surface area contributed by atoms with Gasteiger partial charge in [-0.2, -0.15) is 0 Å². The first-order chi connectivity index (χ1) is 10.1. The summed E-state index contributed by atoms with van der Waals surface area (Å²) in [5.41, 5.74) is 0.150. The molecule has 0 aliphatic carbocycles. The Morgan fingerprint density at radius 1 is 1.38 bits per heavy atom. The van der Waals surface area contributed by atoms with Crippen LogP contribution in [-0.2, 0) is 0 Å². The van der Waals surface area contributed by atoms with Crippen LogP contribution >= 0.6 is 11.6 Å². The van der Waals surface area contributed by atoms with Crippen molar-refractivity contribution in [2.45, 2.75) is 0 Å². The van der Waals surface area contributed by atoms with Crippen LogP contribution in [-0.4, -0.2) is 36.6 Å². The summed E-state index contributed by atoms with van der Waals surface area (Å²) in [6, 6.07) is 2.85. The van der Waals surface area contributed by atoms with Gasteiger partial charge in [0.25, 0.3) is 0 Å². The molecule has 0 spiro atoms. The van der Waals surface area contributed by atoms with E-state index >= 15 is 0 Å². The number of aromatic carboxylic acids is 1. The molecule has 0 saturated carbocycles. The van der Waals surface area contributed by atoms with Crippen LogP contribution in [0.5, 0.6) is 17.2 Å². The number of methoxy groups -OCH3 is 1. The van der Waals surface area contributed by atoms with Gasteiger partial charge < -0.3 is 23.8 Å². The number of nitrogens with zero attached hydrogens (tertiary/aromatic N) is 1. The second-order valence-corrected chi connectivity index (χ2v) is 4.58. The van der Waals surface area contributed by atoms with Crippen LogP contribution in [0.25, 0.3) is 11.3 Å². The van der Waals surface area contributed by atoms with Crippen LogP contribution in [0.2, 0.25) is 5.02 Å². The van der Waals surface area contributed by atoms with Crippen molar-refractivity contribution in [1.82, 2.24) is 5.16 Å². The van der Waals surface area contributed by atoms with Crippen LogP contribution in [0, 0.1) is 0 Å². The fourth-order valence-electron chi connectivity index (χ4n) is 2.05. The van der Waals surface area contributed by atoms with E-state index in [4.69, 9.17) is 35.4 Å². The molecule has 2 heterocycles. The lowest BCUT2D eigenvalue weighted by Crippen LogP contribution is -2.16. The van der Waals surface area contributed by atoms with E-state index in [1.807, 2.05) is 0 Å². The quantitative estimate of drug-likeness (QED) is 0.931. The van der Waals surface area contributed by atoms with Gasteiger partial charge in [0.1, 0.15) is 18.8 Å². The Morgan fingerprint density at radius 2 is 2.14 bits per heavy atom. The number of ether oxygens (including phenoxy) is 3. The van der Waals surface area contributed by atoms with Crippen molar-refractivity contribution >= 4 is 17.6 Å². The third-order valence-electron chi connectivity index (χ3n) is 2.92. The van der Waals surface area contributed by atoms with Crippen molar-refractivity contribution in [1.29, 1.82) is 0 Å². The maximum atomic E-state index is 10.9. The summed E-state index contributed by atoms with van der Waals surface area (Å²) >= 11 is 6.15. The number of hydrogen-bond donors (Lipinski definition) is 1. The number of carboxylic acids is 1. The van der Waals surface area contributed by atoms with E-state index in [0.29, 0.717) is 41.0 Å². The third kappa shape index (κ3) is 2.25. The van der Waals surface area contributed by atoms with Crippen LogP contribution < -0.4 is 14.2 Å². The minimum atomic E-state index is -1.20. The number of rotatable bonds is 3. The first-order valence-corrected chi connectivity index (χ1v) is 6.36. The van der Waals surface area contributed by atoms with Crippen molar-refractivity contribution in [3.8, 4) is 28.6 Å². The minimum Gasteiger partial charge on any atom is -0.494 e. The van der Waals surface area contributed by atoms with E-state index in [1.165, 1.54) is 13.2 Å². The van der Waals surface area contributed by atoms with E-state index in [9.17, 15) is 4.79 Å². The molecule has 21 heavy (non-hydrogen) atoms. The van der Waals surface area contributed by atoms with E-state index in [2.05, 4.69) is 5.16 Å². The SMILES string of the molecule is COc1c(Cl)cc2c(c1-c1cc(C(=O)O)no1)OCCO2. The molecule has 0 radical (unpaired) electrons. The van der Waals surface area contributed by atoms with Gasteiger partial charge in [0.2, 0.25) is 0 Å². The van der Waals surface area contributed by atoms with Gasteiger partial charge >= 0.3 is 5.97 Å². The van der Waals surface area contributed by atoms with Crippen LogP contribution in [0.15, 0.2) is 16.7 Å². The lowest BCUT2D eigenvalue weighted by molar-refractivity contribution is 0.0686. The number of aromatic nitrogens is 1. The lowest BCUT2D eigenvalue weighted by atomic mass is 10.1. The molecule has 0 saturated heterocycles. The fourth-order valence-corrected chi connectivity index (χ4v) is 2.33. The number of carboxylic acid groups (broad SMARTS) is 1. The molecule has 0 fully saturated rings. The average molecular weight is 312 g/mol. The zero-order chi connectivity index (χ0) is 15.0. The van der Waals surface area contributed by atoms with Gasteiger partial charge in [-0.15, -0.1) is 0 Å². The van der Waals surface area contributed by atoms with E-state index in [1.54, 1.807) is 6.07 Å². The summed E-state index contributed by atoms with van der Waals surface area (Å²) in [7, 11) is 1.44.